The third-order valence-electron chi connectivity index (χ3n) is 5.86. The van der Waals surface area contributed by atoms with Crippen LogP contribution in [0.2, 0.25) is 0 Å². The standard InChI is InChI=1S/C19H19NO5/c1-20(22)14-4-11-6-18-19(25-9-24-18)8-13(11)15(20)3-10-5-17(23-2)16(21)7-12(10)14/h5-8,14-15,21H,3-4,9H2,1-2H3/t14-,15-,20+/m0/s1. The Morgan fingerprint density at radius 2 is 1.64 bits per heavy atom. The van der Waals surface area contributed by atoms with Gasteiger partial charge in [0, 0.05) is 24.0 Å². The van der Waals surface area contributed by atoms with Gasteiger partial charge < -0.3 is 29.2 Å². The summed E-state index contributed by atoms with van der Waals surface area (Å²) >= 11 is 0. The highest BCUT2D eigenvalue weighted by molar-refractivity contribution is 5.54. The number of likely N-dealkylation sites (N-methyl/N-ethyl adjacent to an activating group) is 1. The van der Waals surface area contributed by atoms with Gasteiger partial charge in [-0.15, -0.1) is 0 Å². The van der Waals surface area contributed by atoms with Gasteiger partial charge in [-0.2, -0.15) is 0 Å². The lowest BCUT2D eigenvalue weighted by atomic mass is 9.76. The first kappa shape index (κ1) is 14.9. The first-order valence-electron chi connectivity index (χ1n) is 8.38. The van der Waals surface area contributed by atoms with E-state index in [1.165, 1.54) is 7.11 Å². The number of phenolic OH excluding ortho intramolecular Hbond substituents is 1. The molecule has 0 fully saturated rings. The Morgan fingerprint density at radius 3 is 2.32 bits per heavy atom. The normalized spacial score (nSPS) is 28.3. The summed E-state index contributed by atoms with van der Waals surface area (Å²) in [5, 5.41) is 23.7. The van der Waals surface area contributed by atoms with Crippen LogP contribution in [0.15, 0.2) is 24.3 Å². The van der Waals surface area contributed by atoms with Crippen LogP contribution in [0.25, 0.3) is 0 Å². The van der Waals surface area contributed by atoms with E-state index in [9.17, 15) is 10.3 Å². The van der Waals surface area contributed by atoms with Gasteiger partial charge in [0.05, 0.1) is 14.2 Å². The molecule has 6 nitrogen and oxygen atoms in total. The smallest absolute Gasteiger partial charge is 0.231 e. The zero-order valence-electron chi connectivity index (χ0n) is 14.1. The molecule has 2 aromatic carbocycles. The molecule has 3 aliphatic heterocycles. The average Bonchev–Trinajstić information content (AvgIpc) is 3.02. The number of aromatic hydroxyl groups is 1. The Morgan fingerprint density at radius 1 is 1.04 bits per heavy atom. The molecular weight excluding hydrogens is 322 g/mol. The number of hydrogen-bond acceptors (Lipinski definition) is 5. The summed E-state index contributed by atoms with van der Waals surface area (Å²) in [7, 11) is 3.27. The van der Waals surface area contributed by atoms with Crippen molar-refractivity contribution in [3.8, 4) is 23.0 Å². The Labute approximate surface area is 145 Å². The third-order valence-corrected chi connectivity index (χ3v) is 5.86. The van der Waals surface area contributed by atoms with Crippen LogP contribution in [0.3, 0.4) is 0 Å². The summed E-state index contributed by atoms with van der Waals surface area (Å²) < 4.78 is 15.9. The molecule has 3 aliphatic rings. The minimum atomic E-state index is -0.370. The third kappa shape index (κ3) is 1.92. The number of rotatable bonds is 1. The molecule has 0 radical (unpaired) electrons. The van der Waals surface area contributed by atoms with E-state index in [-0.39, 0.29) is 29.3 Å². The predicted molar refractivity (Wildman–Crippen MR) is 89.7 cm³/mol. The van der Waals surface area contributed by atoms with E-state index in [1.807, 2.05) is 18.2 Å². The maximum absolute atomic E-state index is 13.5. The van der Waals surface area contributed by atoms with Gasteiger partial charge in [-0.3, -0.25) is 0 Å². The maximum Gasteiger partial charge on any atom is 0.231 e. The quantitative estimate of drug-likeness (QED) is 0.638. The lowest BCUT2D eigenvalue weighted by Crippen LogP contribution is -2.52. The summed E-state index contributed by atoms with van der Waals surface area (Å²) in [6, 6.07) is 7.08. The molecule has 3 heterocycles. The van der Waals surface area contributed by atoms with E-state index >= 15 is 0 Å². The predicted octanol–water partition coefficient (Wildman–Crippen LogP) is 2.97. The second kappa shape index (κ2) is 4.80. The van der Waals surface area contributed by atoms with Crippen LogP contribution in [0.4, 0.5) is 0 Å². The number of quaternary nitrogens is 1. The number of hydroxylamine groups is 3. The van der Waals surface area contributed by atoms with Crippen molar-refractivity contribution in [1.29, 1.82) is 0 Å². The highest BCUT2D eigenvalue weighted by Gasteiger charge is 2.47. The molecule has 2 aromatic rings. The second-order valence-electron chi connectivity index (χ2n) is 7.13. The summed E-state index contributed by atoms with van der Waals surface area (Å²) in [5.41, 5.74) is 4.15. The molecule has 130 valence electrons. The van der Waals surface area contributed by atoms with E-state index in [0.29, 0.717) is 24.3 Å². The summed E-state index contributed by atoms with van der Waals surface area (Å²) in [6.45, 7) is 0.223. The molecule has 5 rings (SSSR count). The highest BCUT2D eigenvalue weighted by atomic mass is 16.7. The zero-order valence-corrected chi connectivity index (χ0v) is 14.1. The SMILES string of the molecule is COc1cc2c(cc1O)[C@@H]1Cc3cc4c(cc3[C@H](C2)[N@+]1(C)[O-])OCO4. The molecule has 0 spiro atoms. The number of benzene rings is 2. The number of phenols is 1. The largest absolute Gasteiger partial charge is 0.632 e. The Balaban J connectivity index is 1.69. The van der Waals surface area contributed by atoms with Gasteiger partial charge in [0.25, 0.3) is 0 Å². The van der Waals surface area contributed by atoms with Gasteiger partial charge in [0.2, 0.25) is 6.79 Å². The number of methoxy groups -OCH3 is 1. The molecule has 3 atom stereocenters. The molecule has 0 saturated heterocycles. The van der Waals surface area contributed by atoms with Crippen molar-refractivity contribution in [2.45, 2.75) is 24.9 Å². The number of fused-ring (bicyclic) bond motifs is 7. The van der Waals surface area contributed by atoms with E-state index < -0.39 is 0 Å². The second-order valence-corrected chi connectivity index (χ2v) is 7.13. The summed E-state index contributed by atoms with van der Waals surface area (Å²) in [4.78, 5) is 0. The fourth-order valence-electron chi connectivity index (χ4n) is 4.53. The molecule has 25 heavy (non-hydrogen) atoms. The topological polar surface area (TPSA) is 71.0 Å². The first-order valence-corrected chi connectivity index (χ1v) is 8.38. The van der Waals surface area contributed by atoms with E-state index in [1.54, 1.807) is 13.1 Å². The molecule has 0 aliphatic carbocycles. The fraction of sp³-hybridized carbons (Fsp3) is 0.368. The van der Waals surface area contributed by atoms with Crippen LogP contribution < -0.4 is 14.2 Å². The number of hydrogen-bond donors (Lipinski definition) is 1. The minimum Gasteiger partial charge on any atom is -0.632 e. The van der Waals surface area contributed by atoms with E-state index in [4.69, 9.17) is 14.2 Å². The lowest BCUT2D eigenvalue weighted by molar-refractivity contribution is -0.927. The number of ether oxygens (including phenoxy) is 3. The van der Waals surface area contributed by atoms with Gasteiger partial charge in [-0.25, -0.2) is 0 Å². The molecular formula is C19H19NO5. The van der Waals surface area contributed by atoms with Crippen molar-refractivity contribution in [2.24, 2.45) is 0 Å². The van der Waals surface area contributed by atoms with Crippen molar-refractivity contribution in [2.75, 3.05) is 21.0 Å². The van der Waals surface area contributed by atoms with Gasteiger partial charge in [0.15, 0.2) is 23.0 Å². The summed E-state index contributed by atoms with van der Waals surface area (Å²) in [5.74, 6) is 1.99. The van der Waals surface area contributed by atoms with E-state index in [2.05, 4.69) is 0 Å². The average molecular weight is 341 g/mol. The van der Waals surface area contributed by atoms with E-state index in [0.717, 1.165) is 28.0 Å². The van der Waals surface area contributed by atoms with Crippen LogP contribution in [0.1, 0.15) is 34.3 Å². The molecule has 0 amide bonds. The molecule has 0 aromatic heterocycles. The van der Waals surface area contributed by atoms with Crippen molar-refractivity contribution in [3.05, 3.63) is 51.7 Å². The van der Waals surface area contributed by atoms with Crippen LogP contribution >= 0.6 is 0 Å². The van der Waals surface area contributed by atoms with Gasteiger partial charge in [-0.05, 0) is 35.4 Å². The van der Waals surface area contributed by atoms with Crippen LogP contribution in [-0.2, 0) is 12.8 Å². The van der Waals surface area contributed by atoms with Crippen molar-refractivity contribution < 1.29 is 24.0 Å². The van der Waals surface area contributed by atoms with Gasteiger partial charge >= 0.3 is 0 Å². The first-order chi connectivity index (χ1) is 12.0. The van der Waals surface area contributed by atoms with Crippen LogP contribution in [-0.4, -0.2) is 30.7 Å². The van der Waals surface area contributed by atoms with Gasteiger partial charge in [0.1, 0.15) is 12.1 Å². The monoisotopic (exact) mass is 341 g/mol. The molecule has 6 heteroatoms. The lowest BCUT2D eigenvalue weighted by Gasteiger charge is -2.57. The molecule has 2 bridgehead atoms. The van der Waals surface area contributed by atoms with Crippen LogP contribution in [0.5, 0.6) is 23.0 Å². The Hall–Kier alpha value is -2.44. The van der Waals surface area contributed by atoms with Gasteiger partial charge in [-0.1, -0.05) is 0 Å². The molecule has 1 N–H and O–H groups in total. The van der Waals surface area contributed by atoms with Crippen molar-refractivity contribution >= 4 is 0 Å². The summed E-state index contributed by atoms with van der Waals surface area (Å²) in [6.07, 6.45) is 1.22. The maximum atomic E-state index is 13.5. The fourth-order valence-corrected chi connectivity index (χ4v) is 4.53. The van der Waals surface area contributed by atoms with Crippen molar-refractivity contribution in [1.82, 2.24) is 0 Å². The minimum absolute atomic E-state index is 0.0798. The van der Waals surface area contributed by atoms with Crippen molar-refractivity contribution in [3.63, 3.8) is 0 Å². The molecule has 0 saturated carbocycles. The number of nitrogens with zero attached hydrogens (tertiary/aromatic N) is 1. The highest BCUT2D eigenvalue weighted by Crippen LogP contribution is 2.54. The Kier molecular flexibility index (Phi) is 2.86. The zero-order chi connectivity index (χ0) is 17.3. The van der Waals surface area contributed by atoms with Crippen LogP contribution in [0, 0.1) is 5.21 Å². The molecule has 0 unspecified atom stereocenters. The Bertz CT molecular complexity index is 892.